The molecule has 0 aromatic carbocycles. The van der Waals surface area contributed by atoms with E-state index in [9.17, 15) is 5.11 Å². The molecule has 108 valence electrons. The molecule has 0 aliphatic heterocycles. The van der Waals surface area contributed by atoms with Gasteiger partial charge >= 0.3 is 0 Å². The molecule has 2 atom stereocenters. The lowest BCUT2D eigenvalue weighted by atomic mass is 9.65. The van der Waals surface area contributed by atoms with E-state index in [4.69, 9.17) is 11.6 Å². The lowest BCUT2D eigenvalue weighted by molar-refractivity contribution is -0.0699. The highest BCUT2D eigenvalue weighted by atomic mass is 35.5. The van der Waals surface area contributed by atoms with E-state index >= 15 is 0 Å². The summed E-state index contributed by atoms with van der Waals surface area (Å²) in [7, 11) is 0. The Morgan fingerprint density at radius 3 is 2.58 bits per heavy atom. The van der Waals surface area contributed by atoms with Crippen molar-refractivity contribution in [2.45, 2.75) is 65.5 Å². The lowest BCUT2D eigenvalue weighted by Gasteiger charge is -2.45. The minimum absolute atomic E-state index is 0.127. The van der Waals surface area contributed by atoms with Crippen LogP contribution in [0, 0.1) is 11.3 Å². The van der Waals surface area contributed by atoms with Gasteiger partial charge in [0.05, 0.1) is 16.9 Å². The highest BCUT2D eigenvalue weighted by Crippen LogP contribution is 2.50. The van der Waals surface area contributed by atoms with Gasteiger partial charge in [-0.25, -0.2) is 0 Å². The van der Waals surface area contributed by atoms with E-state index in [1.54, 1.807) is 6.20 Å². The molecule has 4 heteroatoms. The minimum atomic E-state index is -0.862. The largest absolute Gasteiger partial charge is 0.383 e. The first-order valence-electron chi connectivity index (χ1n) is 7.10. The maximum Gasteiger partial charge on any atom is 0.108 e. The van der Waals surface area contributed by atoms with Gasteiger partial charge in [0, 0.05) is 6.04 Å². The quantitative estimate of drug-likeness (QED) is 0.886. The van der Waals surface area contributed by atoms with Gasteiger partial charge in [0.15, 0.2) is 0 Å². The number of halogens is 1. The highest BCUT2D eigenvalue weighted by molar-refractivity contribution is 6.31. The number of aliphatic hydroxyl groups is 1. The first kappa shape index (κ1) is 14.9. The zero-order chi connectivity index (χ0) is 14.4. The molecule has 2 rings (SSSR count). The van der Waals surface area contributed by atoms with Crippen LogP contribution in [-0.4, -0.2) is 14.9 Å². The van der Waals surface area contributed by atoms with E-state index in [1.807, 2.05) is 4.68 Å². The van der Waals surface area contributed by atoms with Crippen molar-refractivity contribution in [3.8, 4) is 0 Å². The second kappa shape index (κ2) is 4.78. The van der Waals surface area contributed by atoms with Crippen molar-refractivity contribution in [3.05, 3.63) is 16.9 Å². The van der Waals surface area contributed by atoms with Crippen molar-refractivity contribution in [2.24, 2.45) is 11.3 Å². The summed E-state index contributed by atoms with van der Waals surface area (Å²) in [5.74, 6) is 0.486. The molecule has 0 amide bonds. The van der Waals surface area contributed by atoms with Gasteiger partial charge in [0.25, 0.3) is 0 Å². The van der Waals surface area contributed by atoms with Gasteiger partial charge < -0.3 is 5.11 Å². The van der Waals surface area contributed by atoms with Gasteiger partial charge in [-0.05, 0) is 44.4 Å². The second-order valence-corrected chi connectivity index (χ2v) is 7.67. The third kappa shape index (κ3) is 2.82. The van der Waals surface area contributed by atoms with Crippen LogP contribution in [0.1, 0.15) is 65.6 Å². The Labute approximate surface area is 121 Å². The van der Waals surface area contributed by atoms with Crippen LogP contribution in [0.25, 0.3) is 0 Å². The number of hydrogen-bond donors (Lipinski definition) is 1. The van der Waals surface area contributed by atoms with Crippen molar-refractivity contribution < 1.29 is 5.11 Å². The van der Waals surface area contributed by atoms with E-state index < -0.39 is 5.60 Å². The minimum Gasteiger partial charge on any atom is -0.383 e. The normalized spacial score (nSPS) is 30.8. The fourth-order valence-corrected chi connectivity index (χ4v) is 4.18. The molecule has 0 bridgehead atoms. The fourth-order valence-electron chi connectivity index (χ4n) is 3.88. The average molecular weight is 285 g/mol. The molecule has 0 radical (unpaired) electrons. The summed E-state index contributed by atoms with van der Waals surface area (Å²) in [6, 6.07) is 0.201. The SMILES string of the molecule is CC1CC(C)(C)CC(O)(c2c(Cl)cnn2C(C)C)C1. The first-order chi connectivity index (χ1) is 8.65. The van der Waals surface area contributed by atoms with Crippen molar-refractivity contribution in [2.75, 3.05) is 0 Å². The van der Waals surface area contributed by atoms with Gasteiger partial charge in [-0.2, -0.15) is 5.10 Å². The lowest BCUT2D eigenvalue weighted by Crippen LogP contribution is -2.41. The zero-order valence-corrected chi connectivity index (χ0v) is 13.3. The van der Waals surface area contributed by atoms with Crippen LogP contribution in [0.5, 0.6) is 0 Å². The van der Waals surface area contributed by atoms with Crippen LogP contribution in [0.15, 0.2) is 6.20 Å². The first-order valence-corrected chi connectivity index (χ1v) is 7.48. The molecule has 1 saturated carbocycles. The molecular formula is C15H25ClN2O. The second-order valence-electron chi connectivity index (χ2n) is 7.27. The van der Waals surface area contributed by atoms with Crippen LogP contribution >= 0.6 is 11.6 Å². The summed E-state index contributed by atoms with van der Waals surface area (Å²) < 4.78 is 1.87. The Bertz CT molecular complexity index is 467. The molecule has 1 aliphatic carbocycles. The topological polar surface area (TPSA) is 38.1 Å². The maximum absolute atomic E-state index is 11.2. The molecule has 1 N–H and O–H groups in total. The van der Waals surface area contributed by atoms with Crippen molar-refractivity contribution in [1.29, 1.82) is 0 Å². The maximum atomic E-state index is 11.2. The third-order valence-corrected chi connectivity index (χ3v) is 4.32. The molecule has 19 heavy (non-hydrogen) atoms. The molecule has 0 spiro atoms. The average Bonchev–Trinajstić information content (AvgIpc) is 2.56. The monoisotopic (exact) mass is 284 g/mol. The predicted octanol–water partition coefficient (Wildman–Crippen LogP) is 4.15. The zero-order valence-electron chi connectivity index (χ0n) is 12.6. The smallest absolute Gasteiger partial charge is 0.108 e. The van der Waals surface area contributed by atoms with Crippen LogP contribution < -0.4 is 0 Å². The van der Waals surface area contributed by atoms with Crippen molar-refractivity contribution in [3.63, 3.8) is 0 Å². The van der Waals surface area contributed by atoms with Gasteiger partial charge in [0.1, 0.15) is 5.60 Å². The van der Waals surface area contributed by atoms with E-state index in [0.29, 0.717) is 10.9 Å². The van der Waals surface area contributed by atoms with E-state index in [0.717, 1.165) is 25.0 Å². The standard InChI is InChI=1S/C15H25ClN2O/c1-10(2)18-13(12(16)8-17-18)15(19)7-11(3)6-14(4,5)9-15/h8,10-11,19H,6-7,9H2,1-5H3. The van der Waals surface area contributed by atoms with E-state index in [1.165, 1.54) is 0 Å². The Morgan fingerprint density at radius 1 is 1.42 bits per heavy atom. The van der Waals surface area contributed by atoms with E-state index in [-0.39, 0.29) is 11.5 Å². The molecule has 1 fully saturated rings. The summed E-state index contributed by atoms with van der Waals surface area (Å²) in [4.78, 5) is 0. The van der Waals surface area contributed by atoms with Crippen LogP contribution in [0.4, 0.5) is 0 Å². The number of rotatable bonds is 2. The summed E-state index contributed by atoms with van der Waals surface area (Å²) in [5, 5.41) is 16.1. The van der Waals surface area contributed by atoms with Gasteiger partial charge in [-0.3, -0.25) is 4.68 Å². The van der Waals surface area contributed by atoms with Gasteiger partial charge in [-0.1, -0.05) is 32.4 Å². The van der Waals surface area contributed by atoms with Gasteiger partial charge in [0.2, 0.25) is 0 Å². The Morgan fingerprint density at radius 2 is 2.05 bits per heavy atom. The molecule has 1 heterocycles. The highest BCUT2D eigenvalue weighted by Gasteiger charge is 2.45. The molecule has 2 unspecified atom stereocenters. The molecule has 1 aromatic heterocycles. The predicted molar refractivity (Wildman–Crippen MR) is 78.3 cm³/mol. The van der Waals surface area contributed by atoms with Crippen molar-refractivity contribution >= 4 is 11.6 Å². The molecule has 1 aromatic rings. The molecule has 1 aliphatic rings. The summed E-state index contributed by atoms with van der Waals surface area (Å²) in [6.07, 6.45) is 4.29. The summed E-state index contributed by atoms with van der Waals surface area (Å²) >= 11 is 6.31. The molecular weight excluding hydrogens is 260 g/mol. The molecule has 3 nitrogen and oxygen atoms in total. The summed E-state index contributed by atoms with van der Waals surface area (Å²) in [5.41, 5.74) is 0.0599. The fraction of sp³-hybridized carbons (Fsp3) is 0.800. The van der Waals surface area contributed by atoms with E-state index in [2.05, 4.69) is 39.7 Å². The Kier molecular flexibility index (Phi) is 3.74. The summed E-state index contributed by atoms with van der Waals surface area (Å²) in [6.45, 7) is 10.8. The number of hydrogen-bond acceptors (Lipinski definition) is 2. The van der Waals surface area contributed by atoms with Gasteiger partial charge in [-0.15, -0.1) is 0 Å². The third-order valence-electron chi connectivity index (χ3n) is 4.04. The number of aromatic nitrogens is 2. The van der Waals surface area contributed by atoms with Crippen LogP contribution in [0.2, 0.25) is 5.02 Å². The Balaban J connectivity index is 2.47. The Hall–Kier alpha value is -0.540. The van der Waals surface area contributed by atoms with Crippen molar-refractivity contribution in [1.82, 2.24) is 9.78 Å². The van der Waals surface area contributed by atoms with Crippen LogP contribution in [0.3, 0.4) is 0 Å². The van der Waals surface area contributed by atoms with Crippen LogP contribution in [-0.2, 0) is 5.60 Å². The number of nitrogens with zero attached hydrogens (tertiary/aromatic N) is 2. The molecule has 0 saturated heterocycles.